The number of nitrogens with one attached hydrogen (secondary N) is 1. The van der Waals surface area contributed by atoms with Crippen LogP contribution in [-0.2, 0) is 16.0 Å². The number of hydrogen-bond donors (Lipinski definition) is 3. The van der Waals surface area contributed by atoms with Crippen LogP contribution >= 0.6 is 0 Å². The van der Waals surface area contributed by atoms with E-state index in [4.69, 9.17) is 9.84 Å². The van der Waals surface area contributed by atoms with Crippen molar-refractivity contribution in [2.24, 2.45) is 0 Å². The molecule has 27 heavy (non-hydrogen) atoms. The molecule has 3 rings (SSSR count). The maximum Gasteiger partial charge on any atom is 0.307 e. The van der Waals surface area contributed by atoms with Gasteiger partial charge < -0.3 is 20.3 Å². The normalized spacial score (nSPS) is 12.6. The highest BCUT2D eigenvalue weighted by atomic mass is 16.5. The van der Waals surface area contributed by atoms with Crippen molar-refractivity contribution in [1.82, 2.24) is 0 Å². The van der Waals surface area contributed by atoms with E-state index in [1.54, 1.807) is 37.3 Å². The van der Waals surface area contributed by atoms with Crippen molar-refractivity contribution in [1.29, 1.82) is 0 Å². The molecule has 2 aromatic rings. The molecule has 0 aliphatic carbocycles. The monoisotopic (exact) mass is 367 g/mol. The zero-order valence-corrected chi connectivity index (χ0v) is 15.4. The Labute approximate surface area is 157 Å². The second kappa shape index (κ2) is 7.15. The van der Waals surface area contributed by atoms with E-state index in [1.165, 1.54) is 0 Å². The summed E-state index contributed by atoms with van der Waals surface area (Å²) in [6.07, 6.45) is 1.68. The first-order chi connectivity index (χ1) is 12.8. The first-order valence-electron chi connectivity index (χ1n) is 8.56. The minimum atomic E-state index is -0.904. The molecular weight excluding hydrogens is 346 g/mol. The molecule has 3 N–H and O–H groups in total. The van der Waals surface area contributed by atoms with Gasteiger partial charge in [-0.1, -0.05) is 12.1 Å². The number of hydrogen-bond acceptors (Lipinski definition) is 4. The van der Waals surface area contributed by atoms with E-state index in [9.17, 15) is 14.7 Å². The zero-order chi connectivity index (χ0) is 19.7. The Morgan fingerprint density at radius 1 is 1.07 bits per heavy atom. The Morgan fingerprint density at radius 2 is 1.74 bits per heavy atom. The topological polar surface area (TPSA) is 95.9 Å². The van der Waals surface area contributed by atoms with Crippen molar-refractivity contribution in [3.63, 3.8) is 0 Å². The zero-order valence-electron chi connectivity index (χ0n) is 15.4. The van der Waals surface area contributed by atoms with Gasteiger partial charge in [-0.3, -0.25) is 9.59 Å². The van der Waals surface area contributed by atoms with Gasteiger partial charge in [0.05, 0.1) is 12.0 Å². The number of benzene rings is 2. The molecule has 0 aromatic heterocycles. The molecule has 1 aliphatic rings. The average Bonchev–Trinajstić information content (AvgIpc) is 2.65. The fraction of sp³-hybridized carbons (Fsp3) is 0.238. The summed E-state index contributed by atoms with van der Waals surface area (Å²) in [5.41, 5.74) is 4.70. The molecule has 6 nitrogen and oxygen atoms in total. The summed E-state index contributed by atoms with van der Waals surface area (Å²) >= 11 is 0. The summed E-state index contributed by atoms with van der Waals surface area (Å²) in [6.45, 7) is 5.65. The Hall–Kier alpha value is -3.28. The van der Waals surface area contributed by atoms with Crippen molar-refractivity contribution in [2.75, 3.05) is 11.9 Å². The lowest BCUT2D eigenvalue weighted by atomic mass is 9.94. The molecule has 1 amide bonds. The predicted molar refractivity (Wildman–Crippen MR) is 102 cm³/mol. The first-order valence-corrected chi connectivity index (χ1v) is 8.56. The van der Waals surface area contributed by atoms with Gasteiger partial charge in [0.1, 0.15) is 18.1 Å². The lowest BCUT2D eigenvalue weighted by molar-refractivity contribution is -0.136. The van der Waals surface area contributed by atoms with E-state index < -0.39 is 5.97 Å². The van der Waals surface area contributed by atoms with Gasteiger partial charge in [0.2, 0.25) is 0 Å². The van der Waals surface area contributed by atoms with Crippen LogP contribution in [0.2, 0.25) is 0 Å². The van der Waals surface area contributed by atoms with Crippen LogP contribution < -0.4 is 10.1 Å². The number of carboxylic acid groups (broad SMARTS) is 1. The molecule has 0 saturated carbocycles. The van der Waals surface area contributed by atoms with Crippen LogP contribution in [0.1, 0.15) is 27.8 Å². The Morgan fingerprint density at radius 3 is 2.37 bits per heavy atom. The molecule has 0 unspecified atom stereocenters. The lowest BCUT2D eigenvalue weighted by Crippen LogP contribution is -2.22. The van der Waals surface area contributed by atoms with Gasteiger partial charge in [0.25, 0.3) is 5.91 Å². The van der Waals surface area contributed by atoms with Gasteiger partial charge in [-0.25, -0.2) is 0 Å². The number of aromatic hydroxyl groups is 1. The maximum absolute atomic E-state index is 12.6. The van der Waals surface area contributed by atoms with Gasteiger partial charge in [0, 0.05) is 16.8 Å². The number of carbonyl (C=O) groups is 2. The van der Waals surface area contributed by atoms with Crippen molar-refractivity contribution < 1.29 is 24.5 Å². The van der Waals surface area contributed by atoms with Gasteiger partial charge in [-0.05, 0) is 55.7 Å². The number of carbonyl (C=O) groups excluding carboxylic acids is 1. The minimum Gasteiger partial charge on any atom is -0.507 e. The van der Waals surface area contributed by atoms with Crippen molar-refractivity contribution in [3.8, 4) is 11.5 Å². The maximum atomic E-state index is 12.6. The molecule has 1 aliphatic heterocycles. The summed E-state index contributed by atoms with van der Waals surface area (Å²) < 4.78 is 5.80. The van der Waals surface area contributed by atoms with Crippen molar-refractivity contribution >= 4 is 23.6 Å². The summed E-state index contributed by atoms with van der Waals surface area (Å²) in [5, 5.41) is 21.9. The van der Waals surface area contributed by atoms with Crippen LogP contribution in [0.3, 0.4) is 0 Å². The molecule has 0 radical (unpaired) electrons. The average molecular weight is 367 g/mol. The number of amides is 1. The van der Waals surface area contributed by atoms with E-state index in [-0.39, 0.29) is 24.7 Å². The van der Waals surface area contributed by atoms with Crippen LogP contribution in [0, 0.1) is 20.8 Å². The summed E-state index contributed by atoms with van der Waals surface area (Å²) in [7, 11) is 0. The first kappa shape index (κ1) is 18.5. The highest BCUT2D eigenvalue weighted by Gasteiger charge is 2.23. The number of fused-ring (bicyclic) bond motifs is 1. The second-order valence-electron chi connectivity index (χ2n) is 6.65. The van der Waals surface area contributed by atoms with Crippen molar-refractivity contribution in [3.05, 3.63) is 57.7 Å². The van der Waals surface area contributed by atoms with Gasteiger partial charge in [-0.15, -0.1) is 0 Å². The highest BCUT2D eigenvalue weighted by molar-refractivity contribution is 6.07. The molecule has 0 spiro atoms. The van der Waals surface area contributed by atoms with E-state index >= 15 is 0 Å². The third-order valence-corrected chi connectivity index (χ3v) is 4.81. The summed E-state index contributed by atoms with van der Waals surface area (Å²) in [4.78, 5) is 23.3. The molecule has 0 bridgehead atoms. The van der Waals surface area contributed by atoms with Crippen LogP contribution in [0.25, 0.3) is 6.08 Å². The molecule has 1 heterocycles. The minimum absolute atomic E-state index is 0.0639. The standard InChI is InChI=1S/C21H21NO5/c1-11-12(2)20-17(13(3)19(11)25)9-15(10-27-20)21(26)22-16-6-4-14(5-7-16)8-18(23)24/h4-7,9,25H,8,10H2,1-3H3,(H,22,26)(H,23,24). The Kier molecular flexibility index (Phi) is 4.90. The molecule has 140 valence electrons. The predicted octanol–water partition coefficient (Wildman–Crippen LogP) is 3.36. The number of aliphatic carboxylic acids is 1. The van der Waals surface area contributed by atoms with E-state index in [1.807, 2.05) is 13.8 Å². The van der Waals surface area contributed by atoms with Crippen LogP contribution in [0.5, 0.6) is 11.5 Å². The molecule has 0 fully saturated rings. The fourth-order valence-electron chi connectivity index (χ4n) is 3.08. The van der Waals surface area contributed by atoms with Crippen LogP contribution in [0.4, 0.5) is 5.69 Å². The number of anilines is 1. The lowest BCUT2D eigenvalue weighted by Gasteiger charge is -2.23. The van der Waals surface area contributed by atoms with Crippen LogP contribution in [-0.4, -0.2) is 28.7 Å². The molecule has 2 aromatic carbocycles. The number of ether oxygens (including phenoxy) is 1. The number of phenolic OH excluding ortho intramolecular Hbond substituents is 1. The molecule has 0 saturated heterocycles. The Balaban J connectivity index is 1.83. The third kappa shape index (κ3) is 3.65. The fourth-order valence-corrected chi connectivity index (χ4v) is 3.08. The summed E-state index contributed by atoms with van der Waals surface area (Å²) in [5.74, 6) is -0.304. The number of rotatable bonds is 4. The van der Waals surface area contributed by atoms with Crippen molar-refractivity contribution in [2.45, 2.75) is 27.2 Å². The second-order valence-corrected chi connectivity index (χ2v) is 6.65. The third-order valence-electron chi connectivity index (χ3n) is 4.81. The number of phenols is 1. The highest BCUT2D eigenvalue weighted by Crippen LogP contribution is 2.40. The van der Waals surface area contributed by atoms with Gasteiger partial charge in [0.15, 0.2) is 0 Å². The number of carboxylic acids is 1. The SMILES string of the molecule is Cc1c(C)c2c(c(C)c1O)C=C(C(=O)Nc1ccc(CC(=O)O)cc1)CO2. The van der Waals surface area contributed by atoms with Crippen LogP contribution in [0.15, 0.2) is 29.8 Å². The van der Waals surface area contributed by atoms with E-state index in [2.05, 4.69) is 5.32 Å². The molecular formula is C21H21NO5. The van der Waals surface area contributed by atoms with E-state index in [0.717, 1.165) is 11.1 Å². The smallest absolute Gasteiger partial charge is 0.307 e. The summed E-state index contributed by atoms with van der Waals surface area (Å²) in [6, 6.07) is 6.66. The van der Waals surface area contributed by atoms with Gasteiger partial charge in [-0.2, -0.15) is 0 Å². The molecule has 6 heteroatoms. The molecule has 0 atom stereocenters. The van der Waals surface area contributed by atoms with Gasteiger partial charge >= 0.3 is 5.97 Å². The quantitative estimate of drug-likeness (QED) is 0.770. The largest absolute Gasteiger partial charge is 0.507 e. The van der Waals surface area contributed by atoms with E-state index in [0.29, 0.717) is 33.7 Å². The Bertz CT molecular complexity index is 958.